The highest BCUT2D eigenvalue weighted by Gasteiger charge is 2.26. The van der Waals surface area contributed by atoms with Crippen molar-refractivity contribution in [2.75, 3.05) is 24.6 Å². The Bertz CT molecular complexity index is 808. The summed E-state index contributed by atoms with van der Waals surface area (Å²) in [6, 6.07) is 4.90. The van der Waals surface area contributed by atoms with Crippen LogP contribution in [0, 0.1) is 11.7 Å². The minimum atomic E-state index is -0.322. The number of aromatic nitrogens is 3. The van der Waals surface area contributed by atoms with Crippen molar-refractivity contribution in [2.24, 2.45) is 5.92 Å². The minimum absolute atomic E-state index is 0.322. The van der Waals surface area contributed by atoms with Crippen molar-refractivity contribution in [3.8, 4) is 5.88 Å². The molecule has 0 spiro atoms. The molecule has 0 N–H and O–H groups in total. The Balaban J connectivity index is 1.41. The predicted molar refractivity (Wildman–Crippen MR) is 81.8 cm³/mol. The second-order valence-corrected chi connectivity index (χ2v) is 5.56. The van der Waals surface area contributed by atoms with Gasteiger partial charge in [-0.3, -0.25) is 4.98 Å². The number of nitrogens with zero attached hydrogens (tertiary/aromatic N) is 4. The maximum atomic E-state index is 13.2. The third kappa shape index (κ3) is 2.94. The van der Waals surface area contributed by atoms with Crippen LogP contribution < -0.4 is 9.64 Å². The summed E-state index contributed by atoms with van der Waals surface area (Å²) in [7, 11) is 0. The Labute approximate surface area is 131 Å². The minimum Gasteiger partial charge on any atom is -0.476 e. The summed E-state index contributed by atoms with van der Waals surface area (Å²) in [4.78, 5) is 14.5. The van der Waals surface area contributed by atoms with Gasteiger partial charge < -0.3 is 14.1 Å². The number of ether oxygens (including phenoxy) is 1. The summed E-state index contributed by atoms with van der Waals surface area (Å²) >= 11 is 0. The van der Waals surface area contributed by atoms with Crippen LogP contribution in [0.3, 0.4) is 0 Å². The van der Waals surface area contributed by atoms with Crippen molar-refractivity contribution in [1.82, 2.24) is 15.0 Å². The van der Waals surface area contributed by atoms with Crippen molar-refractivity contribution in [3.05, 3.63) is 42.6 Å². The van der Waals surface area contributed by atoms with Gasteiger partial charge in [0.05, 0.1) is 12.8 Å². The Hall–Kier alpha value is -2.70. The molecule has 0 saturated carbocycles. The fraction of sp³-hybridized carbons (Fsp3) is 0.312. The highest BCUT2D eigenvalue weighted by atomic mass is 19.1. The summed E-state index contributed by atoms with van der Waals surface area (Å²) < 4.78 is 24.5. The van der Waals surface area contributed by atoms with Gasteiger partial charge in [-0.25, -0.2) is 9.37 Å². The molecule has 1 aromatic carbocycles. The van der Waals surface area contributed by atoms with Gasteiger partial charge in [-0.2, -0.15) is 4.98 Å². The second-order valence-electron chi connectivity index (χ2n) is 5.56. The third-order valence-electron chi connectivity index (χ3n) is 3.90. The molecule has 0 amide bonds. The van der Waals surface area contributed by atoms with E-state index in [2.05, 4.69) is 19.9 Å². The molecule has 23 heavy (non-hydrogen) atoms. The first-order chi connectivity index (χ1) is 11.3. The van der Waals surface area contributed by atoms with E-state index in [1.807, 2.05) is 0 Å². The summed E-state index contributed by atoms with van der Waals surface area (Å²) in [5.41, 5.74) is 1.14. The van der Waals surface area contributed by atoms with Gasteiger partial charge in [-0.05, 0) is 18.6 Å². The summed E-state index contributed by atoms with van der Waals surface area (Å²) in [5.74, 6) is 0.573. The third-order valence-corrected chi connectivity index (χ3v) is 3.90. The molecule has 3 heterocycles. The number of benzene rings is 1. The number of oxazole rings is 1. The Morgan fingerprint density at radius 1 is 1.35 bits per heavy atom. The molecule has 6 nitrogen and oxygen atoms in total. The van der Waals surface area contributed by atoms with Gasteiger partial charge in [-0.1, -0.05) is 0 Å². The summed E-state index contributed by atoms with van der Waals surface area (Å²) in [6.07, 6.45) is 5.80. The molecule has 0 bridgehead atoms. The van der Waals surface area contributed by atoms with Gasteiger partial charge in [0, 0.05) is 37.5 Å². The highest BCUT2D eigenvalue weighted by molar-refractivity contribution is 5.74. The molecule has 1 saturated heterocycles. The molecule has 3 aromatic rings. The van der Waals surface area contributed by atoms with Gasteiger partial charge in [0.2, 0.25) is 5.88 Å². The monoisotopic (exact) mass is 314 g/mol. The fourth-order valence-corrected chi connectivity index (χ4v) is 2.73. The molecule has 4 rings (SSSR count). The molecule has 2 aromatic heterocycles. The number of hydrogen-bond acceptors (Lipinski definition) is 6. The molecule has 0 radical (unpaired) electrons. The van der Waals surface area contributed by atoms with Crippen molar-refractivity contribution in [1.29, 1.82) is 0 Å². The number of hydrogen-bond donors (Lipinski definition) is 0. The zero-order chi connectivity index (χ0) is 15.6. The number of halogens is 1. The van der Waals surface area contributed by atoms with Crippen LogP contribution in [0.2, 0.25) is 0 Å². The maximum Gasteiger partial charge on any atom is 0.298 e. The second kappa shape index (κ2) is 5.83. The van der Waals surface area contributed by atoms with E-state index in [1.165, 1.54) is 12.1 Å². The Morgan fingerprint density at radius 3 is 3.17 bits per heavy atom. The van der Waals surface area contributed by atoms with Crippen molar-refractivity contribution >= 4 is 17.1 Å². The van der Waals surface area contributed by atoms with Crippen molar-refractivity contribution in [3.63, 3.8) is 0 Å². The van der Waals surface area contributed by atoms with Gasteiger partial charge in [-0.15, -0.1) is 0 Å². The summed E-state index contributed by atoms with van der Waals surface area (Å²) in [5, 5.41) is 0. The fourth-order valence-electron chi connectivity index (χ4n) is 2.73. The van der Waals surface area contributed by atoms with Crippen LogP contribution in [0.4, 0.5) is 10.4 Å². The molecule has 1 fully saturated rings. The van der Waals surface area contributed by atoms with E-state index < -0.39 is 0 Å². The van der Waals surface area contributed by atoms with E-state index in [9.17, 15) is 4.39 Å². The first-order valence-corrected chi connectivity index (χ1v) is 7.48. The van der Waals surface area contributed by atoms with Crippen LogP contribution in [-0.2, 0) is 0 Å². The lowest BCUT2D eigenvalue weighted by atomic mass is 10.1. The molecule has 1 unspecified atom stereocenters. The average Bonchev–Trinajstić information content (AvgIpc) is 3.20. The quantitative estimate of drug-likeness (QED) is 0.738. The summed E-state index contributed by atoms with van der Waals surface area (Å²) in [6.45, 7) is 2.20. The predicted octanol–water partition coefficient (Wildman–Crippen LogP) is 2.66. The highest BCUT2D eigenvalue weighted by Crippen LogP contribution is 2.27. The molecule has 118 valence electrons. The van der Waals surface area contributed by atoms with Crippen LogP contribution in [0.25, 0.3) is 11.1 Å². The first kappa shape index (κ1) is 13.9. The zero-order valence-electron chi connectivity index (χ0n) is 12.4. The van der Waals surface area contributed by atoms with E-state index in [0.29, 0.717) is 35.5 Å². The standard InChI is InChI=1S/C16H15FN4O2/c17-12-1-2-13-14(7-12)23-16(20-13)21-6-3-11(9-21)10-22-15-8-18-4-5-19-15/h1-2,4-5,7-8,11H,3,6,9-10H2. The first-order valence-electron chi connectivity index (χ1n) is 7.48. The number of rotatable bonds is 4. The SMILES string of the molecule is Fc1ccc2nc(N3CCC(COc4cnccn4)C3)oc2c1. The smallest absolute Gasteiger partial charge is 0.298 e. The van der Waals surface area contributed by atoms with Gasteiger partial charge >= 0.3 is 0 Å². The lowest BCUT2D eigenvalue weighted by molar-refractivity contribution is 0.251. The normalized spacial score (nSPS) is 17.8. The van der Waals surface area contributed by atoms with Crippen LogP contribution >= 0.6 is 0 Å². The van der Waals surface area contributed by atoms with Crippen LogP contribution in [0.1, 0.15) is 6.42 Å². The van der Waals surface area contributed by atoms with Gasteiger partial charge in [0.15, 0.2) is 5.58 Å². The van der Waals surface area contributed by atoms with Gasteiger partial charge in [0.1, 0.15) is 11.3 Å². The molecule has 0 aliphatic carbocycles. The maximum absolute atomic E-state index is 13.2. The molecule has 1 atom stereocenters. The van der Waals surface area contributed by atoms with E-state index in [4.69, 9.17) is 9.15 Å². The van der Waals surface area contributed by atoms with Crippen molar-refractivity contribution in [2.45, 2.75) is 6.42 Å². The van der Waals surface area contributed by atoms with Crippen LogP contribution in [-0.4, -0.2) is 34.6 Å². The van der Waals surface area contributed by atoms with Crippen LogP contribution in [0.15, 0.2) is 41.2 Å². The lowest BCUT2D eigenvalue weighted by Gasteiger charge is -2.13. The molecule has 1 aliphatic heterocycles. The Kier molecular flexibility index (Phi) is 3.53. The lowest BCUT2D eigenvalue weighted by Crippen LogP contribution is -2.22. The zero-order valence-corrected chi connectivity index (χ0v) is 12.4. The van der Waals surface area contributed by atoms with E-state index in [-0.39, 0.29) is 5.82 Å². The van der Waals surface area contributed by atoms with Gasteiger partial charge in [0.25, 0.3) is 6.01 Å². The molecule has 7 heteroatoms. The van der Waals surface area contributed by atoms with E-state index in [0.717, 1.165) is 19.5 Å². The number of fused-ring (bicyclic) bond motifs is 1. The largest absolute Gasteiger partial charge is 0.476 e. The molecular formula is C16H15FN4O2. The average molecular weight is 314 g/mol. The van der Waals surface area contributed by atoms with Crippen LogP contribution in [0.5, 0.6) is 5.88 Å². The van der Waals surface area contributed by atoms with Crippen molar-refractivity contribution < 1.29 is 13.5 Å². The Morgan fingerprint density at radius 2 is 2.30 bits per heavy atom. The topological polar surface area (TPSA) is 64.3 Å². The van der Waals surface area contributed by atoms with E-state index in [1.54, 1.807) is 24.7 Å². The number of anilines is 1. The van der Waals surface area contributed by atoms with E-state index >= 15 is 0 Å². The molecule has 1 aliphatic rings. The molecular weight excluding hydrogens is 299 g/mol.